The molecule has 0 aliphatic heterocycles. The number of ether oxygens (including phenoxy) is 1. The number of hydrogen-bond acceptors (Lipinski definition) is 5. The van der Waals surface area contributed by atoms with Gasteiger partial charge < -0.3 is 20.5 Å². The highest BCUT2D eigenvalue weighted by Crippen LogP contribution is 2.29. The van der Waals surface area contributed by atoms with Gasteiger partial charge in [0.05, 0.1) is 18.9 Å². The minimum atomic E-state index is 0.131. The van der Waals surface area contributed by atoms with Crippen LogP contribution in [0.25, 0.3) is 0 Å². The molecule has 1 saturated carbocycles. The Labute approximate surface area is 120 Å². The van der Waals surface area contributed by atoms with Gasteiger partial charge >= 0.3 is 0 Å². The highest BCUT2D eigenvalue weighted by molar-refractivity contribution is 5.55. The molecule has 0 bridgehead atoms. The standard InChI is InChI=1S/C15H25N3O2/c1-2-20-15-13(16)8-9-14(17-15)18(10-11-19)12-6-4-3-5-7-12/h8-9,12,19H,2-7,10-11,16H2,1H3. The zero-order chi connectivity index (χ0) is 14.4. The summed E-state index contributed by atoms with van der Waals surface area (Å²) in [4.78, 5) is 6.72. The highest BCUT2D eigenvalue weighted by Gasteiger charge is 2.22. The van der Waals surface area contributed by atoms with Crippen LogP contribution in [0, 0.1) is 0 Å². The number of anilines is 2. The van der Waals surface area contributed by atoms with E-state index in [-0.39, 0.29) is 6.61 Å². The van der Waals surface area contributed by atoms with Gasteiger partial charge in [0.15, 0.2) is 0 Å². The van der Waals surface area contributed by atoms with Gasteiger partial charge in [-0.25, -0.2) is 0 Å². The molecule has 5 nitrogen and oxygen atoms in total. The fourth-order valence-corrected chi connectivity index (χ4v) is 2.84. The Bertz CT molecular complexity index is 420. The average molecular weight is 279 g/mol. The van der Waals surface area contributed by atoms with Crippen LogP contribution >= 0.6 is 0 Å². The lowest BCUT2D eigenvalue weighted by atomic mass is 9.94. The molecule has 112 valence electrons. The first kappa shape index (κ1) is 14.9. The summed E-state index contributed by atoms with van der Waals surface area (Å²) in [5, 5.41) is 9.33. The lowest BCUT2D eigenvalue weighted by Crippen LogP contribution is -2.39. The fraction of sp³-hybridized carbons (Fsp3) is 0.667. The molecule has 0 spiro atoms. The Hall–Kier alpha value is -1.49. The number of aliphatic hydroxyl groups is 1. The smallest absolute Gasteiger partial charge is 0.239 e. The molecule has 1 heterocycles. The Morgan fingerprint density at radius 3 is 2.75 bits per heavy atom. The second kappa shape index (κ2) is 7.33. The van der Waals surface area contributed by atoms with Crippen LogP contribution in [0.1, 0.15) is 39.0 Å². The number of nitrogens with zero attached hydrogens (tertiary/aromatic N) is 2. The molecule has 5 heteroatoms. The summed E-state index contributed by atoms with van der Waals surface area (Å²) in [5.74, 6) is 1.34. The van der Waals surface area contributed by atoms with Crippen molar-refractivity contribution < 1.29 is 9.84 Å². The number of aromatic nitrogens is 1. The van der Waals surface area contributed by atoms with Gasteiger partial charge in [-0.3, -0.25) is 0 Å². The zero-order valence-electron chi connectivity index (χ0n) is 12.2. The molecular weight excluding hydrogens is 254 g/mol. The van der Waals surface area contributed by atoms with Crippen molar-refractivity contribution >= 4 is 11.5 Å². The summed E-state index contributed by atoms with van der Waals surface area (Å²) in [5.41, 5.74) is 6.43. The van der Waals surface area contributed by atoms with Gasteiger partial charge in [-0.05, 0) is 31.9 Å². The molecule has 1 aromatic heterocycles. The van der Waals surface area contributed by atoms with Crippen molar-refractivity contribution in [3.05, 3.63) is 12.1 Å². The molecule has 1 fully saturated rings. The van der Waals surface area contributed by atoms with Crippen LogP contribution in [0.15, 0.2) is 12.1 Å². The van der Waals surface area contributed by atoms with E-state index in [4.69, 9.17) is 10.5 Å². The van der Waals surface area contributed by atoms with Crippen molar-refractivity contribution in [2.24, 2.45) is 0 Å². The van der Waals surface area contributed by atoms with E-state index in [0.717, 1.165) is 18.7 Å². The molecule has 0 atom stereocenters. The lowest BCUT2D eigenvalue weighted by Gasteiger charge is -2.35. The van der Waals surface area contributed by atoms with Crippen molar-refractivity contribution in [1.29, 1.82) is 0 Å². The van der Waals surface area contributed by atoms with Crippen LogP contribution < -0.4 is 15.4 Å². The molecule has 2 rings (SSSR count). The van der Waals surface area contributed by atoms with Crippen LogP contribution in [0.4, 0.5) is 11.5 Å². The third-order valence-corrected chi connectivity index (χ3v) is 3.81. The van der Waals surface area contributed by atoms with E-state index in [9.17, 15) is 5.11 Å². The average Bonchev–Trinajstić information content (AvgIpc) is 2.48. The van der Waals surface area contributed by atoms with Gasteiger partial charge in [0, 0.05) is 12.6 Å². The topological polar surface area (TPSA) is 71.6 Å². The molecule has 0 unspecified atom stereocenters. The van der Waals surface area contributed by atoms with Crippen molar-refractivity contribution in [2.75, 3.05) is 30.4 Å². The third kappa shape index (κ3) is 3.54. The highest BCUT2D eigenvalue weighted by atomic mass is 16.5. The van der Waals surface area contributed by atoms with Gasteiger partial charge in [0.2, 0.25) is 5.88 Å². The molecule has 0 aromatic carbocycles. The maximum atomic E-state index is 9.33. The van der Waals surface area contributed by atoms with Crippen molar-refractivity contribution in [2.45, 2.75) is 45.1 Å². The van der Waals surface area contributed by atoms with Crippen molar-refractivity contribution in [3.8, 4) is 5.88 Å². The van der Waals surface area contributed by atoms with Gasteiger partial charge in [-0.15, -0.1) is 0 Å². The summed E-state index contributed by atoms with van der Waals surface area (Å²) >= 11 is 0. The van der Waals surface area contributed by atoms with Crippen LogP contribution in [0.3, 0.4) is 0 Å². The van der Waals surface area contributed by atoms with Gasteiger partial charge in [0.25, 0.3) is 0 Å². The molecule has 1 aromatic rings. The Kier molecular flexibility index (Phi) is 5.47. The van der Waals surface area contributed by atoms with E-state index in [2.05, 4.69) is 9.88 Å². The molecule has 1 aliphatic rings. The quantitative estimate of drug-likeness (QED) is 0.835. The Morgan fingerprint density at radius 1 is 1.35 bits per heavy atom. The monoisotopic (exact) mass is 279 g/mol. The van der Waals surface area contributed by atoms with Crippen LogP contribution in [-0.4, -0.2) is 35.9 Å². The number of rotatable bonds is 6. The van der Waals surface area contributed by atoms with E-state index in [1.54, 1.807) is 0 Å². The van der Waals surface area contributed by atoms with Gasteiger partial charge in [0.1, 0.15) is 5.82 Å². The first-order chi connectivity index (χ1) is 9.76. The van der Waals surface area contributed by atoms with E-state index in [1.807, 2.05) is 19.1 Å². The number of hydrogen-bond donors (Lipinski definition) is 2. The van der Waals surface area contributed by atoms with Crippen LogP contribution in [0.5, 0.6) is 5.88 Å². The van der Waals surface area contributed by atoms with Crippen LogP contribution in [-0.2, 0) is 0 Å². The molecule has 1 aliphatic carbocycles. The summed E-state index contributed by atoms with van der Waals surface area (Å²) < 4.78 is 5.47. The normalized spacial score (nSPS) is 16.1. The molecular formula is C15H25N3O2. The zero-order valence-corrected chi connectivity index (χ0v) is 12.2. The molecule has 0 radical (unpaired) electrons. The maximum absolute atomic E-state index is 9.33. The number of nitrogen functional groups attached to an aromatic ring is 1. The number of pyridine rings is 1. The van der Waals surface area contributed by atoms with Crippen molar-refractivity contribution in [3.63, 3.8) is 0 Å². The van der Waals surface area contributed by atoms with Crippen LogP contribution in [0.2, 0.25) is 0 Å². The maximum Gasteiger partial charge on any atom is 0.239 e. The van der Waals surface area contributed by atoms with Gasteiger partial charge in [-0.2, -0.15) is 4.98 Å². The predicted molar refractivity (Wildman–Crippen MR) is 81.1 cm³/mol. The predicted octanol–water partition coefficient (Wildman–Crippen LogP) is 2.19. The van der Waals surface area contributed by atoms with E-state index < -0.39 is 0 Å². The minimum absolute atomic E-state index is 0.131. The van der Waals surface area contributed by atoms with Gasteiger partial charge in [-0.1, -0.05) is 19.3 Å². The van der Waals surface area contributed by atoms with E-state index in [1.165, 1.54) is 19.3 Å². The Balaban J connectivity index is 2.21. The minimum Gasteiger partial charge on any atom is -0.476 e. The van der Waals surface area contributed by atoms with E-state index >= 15 is 0 Å². The second-order valence-corrected chi connectivity index (χ2v) is 5.21. The molecule has 3 N–H and O–H groups in total. The summed E-state index contributed by atoms with van der Waals surface area (Å²) in [7, 11) is 0. The summed E-state index contributed by atoms with van der Waals surface area (Å²) in [6.45, 7) is 3.20. The molecule has 0 saturated heterocycles. The van der Waals surface area contributed by atoms with E-state index in [0.29, 0.717) is 30.8 Å². The SMILES string of the molecule is CCOc1nc(N(CCO)C2CCCCC2)ccc1N. The largest absolute Gasteiger partial charge is 0.476 e. The second-order valence-electron chi connectivity index (χ2n) is 5.21. The molecule has 20 heavy (non-hydrogen) atoms. The molecule has 0 amide bonds. The fourth-order valence-electron chi connectivity index (χ4n) is 2.84. The summed E-state index contributed by atoms with van der Waals surface area (Å²) in [6, 6.07) is 4.21. The Morgan fingerprint density at radius 2 is 2.10 bits per heavy atom. The summed E-state index contributed by atoms with van der Waals surface area (Å²) in [6.07, 6.45) is 6.13. The first-order valence-corrected chi connectivity index (χ1v) is 7.53. The number of aliphatic hydroxyl groups excluding tert-OH is 1. The van der Waals surface area contributed by atoms with Crippen molar-refractivity contribution in [1.82, 2.24) is 4.98 Å². The third-order valence-electron chi connectivity index (χ3n) is 3.81. The number of nitrogens with two attached hydrogens (primary N) is 1. The lowest BCUT2D eigenvalue weighted by molar-refractivity contribution is 0.288. The first-order valence-electron chi connectivity index (χ1n) is 7.53.